The molecule has 1 radical (unpaired) electrons. The molecule has 0 fully saturated rings. The van der Waals surface area contributed by atoms with Crippen molar-refractivity contribution in [2.75, 3.05) is 4.72 Å². The maximum absolute atomic E-state index is 12.1. The molecule has 0 saturated heterocycles. The van der Waals surface area contributed by atoms with E-state index in [1.54, 1.807) is 30.3 Å². The molecule has 0 aliphatic carbocycles. The highest BCUT2D eigenvalue weighted by Crippen LogP contribution is 2.17. The zero-order valence-electron chi connectivity index (χ0n) is 10.00. The second kappa shape index (κ2) is 5.12. The first-order chi connectivity index (χ1) is 9.01. The lowest BCUT2D eigenvalue weighted by Gasteiger charge is -2.08. The first-order valence-corrected chi connectivity index (χ1v) is 6.94. The summed E-state index contributed by atoms with van der Waals surface area (Å²) in [5.74, 6) is 0. The molecular formula is C14H11N2O2S. The standard InChI is InChI=1S/C14H11N2O2S/c1-11-5-7-13(8-6-11)16-19(17,18)14-4-2-3-12(9-14)10-15/h2-9,16H,1H2. The highest BCUT2D eigenvalue weighted by Gasteiger charge is 2.14. The third-order valence-corrected chi connectivity index (χ3v) is 3.86. The maximum Gasteiger partial charge on any atom is 0.261 e. The van der Waals surface area contributed by atoms with Crippen LogP contribution in [0.15, 0.2) is 53.4 Å². The van der Waals surface area contributed by atoms with Gasteiger partial charge in [-0.2, -0.15) is 5.26 Å². The molecule has 0 unspecified atom stereocenters. The quantitative estimate of drug-likeness (QED) is 0.932. The summed E-state index contributed by atoms with van der Waals surface area (Å²) in [4.78, 5) is 0.0604. The average molecular weight is 271 g/mol. The predicted octanol–water partition coefficient (Wildman–Crippen LogP) is 2.54. The Labute approximate surface area is 112 Å². The van der Waals surface area contributed by atoms with Gasteiger partial charge in [-0.05, 0) is 42.8 Å². The van der Waals surface area contributed by atoms with Crippen molar-refractivity contribution in [1.82, 2.24) is 0 Å². The van der Waals surface area contributed by atoms with Crippen LogP contribution in [0.3, 0.4) is 0 Å². The number of nitriles is 1. The first-order valence-electron chi connectivity index (χ1n) is 5.46. The van der Waals surface area contributed by atoms with Gasteiger partial charge in [0.05, 0.1) is 16.5 Å². The van der Waals surface area contributed by atoms with Crippen molar-refractivity contribution < 1.29 is 8.42 Å². The highest BCUT2D eigenvalue weighted by molar-refractivity contribution is 7.92. The van der Waals surface area contributed by atoms with Crippen LogP contribution in [0, 0.1) is 18.3 Å². The van der Waals surface area contributed by atoms with Crippen molar-refractivity contribution >= 4 is 15.7 Å². The minimum atomic E-state index is -3.68. The van der Waals surface area contributed by atoms with Crippen molar-refractivity contribution in [1.29, 1.82) is 5.26 Å². The van der Waals surface area contributed by atoms with Gasteiger partial charge in [0.25, 0.3) is 10.0 Å². The lowest BCUT2D eigenvalue weighted by Crippen LogP contribution is -2.12. The molecule has 0 aliphatic heterocycles. The fourth-order valence-corrected chi connectivity index (χ4v) is 2.62. The zero-order valence-corrected chi connectivity index (χ0v) is 10.8. The van der Waals surface area contributed by atoms with E-state index in [1.165, 1.54) is 18.2 Å². The van der Waals surface area contributed by atoms with E-state index < -0.39 is 10.0 Å². The predicted molar refractivity (Wildman–Crippen MR) is 72.9 cm³/mol. The molecule has 0 aliphatic rings. The molecule has 0 bridgehead atoms. The summed E-state index contributed by atoms with van der Waals surface area (Å²) in [6, 6.07) is 14.5. The Morgan fingerprint density at radius 3 is 2.42 bits per heavy atom. The van der Waals surface area contributed by atoms with Gasteiger partial charge in [-0.25, -0.2) is 8.42 Å². The summed E-state index contributed by atoms with van der Waals surface area (Å²) in [5.41, 5.74) is 1.56. The highest BCUT2D eigenvalue weighted by atomic mass is 32.2. The summed E-state index contributed by atoms with van der Waals surface area (Å²) in [6.07, 6.45) is 0. The third-order valence-electron chi connectivity index (χ3n) is 2.48. The molecule has 0 amide bonds. The van der Waals surface area contributed by atoms with Gasteiger partial charge in [0.15, 0.2) is 0 Å². The molecule has 1 N–H and O–H groups in total. The van der Waals surface area contributed by atoms with E-state index in [9.17, 15) is 8.42 Å². The van der Waals surface area contributed by atoms with Crippen LogP contribution in [0.1, 0.15) is 11.1 Å². The summed E-state index contributed by atoms with van der Waals surface area (Å²) in [6.45, 7) is 3.73. The van der Waals surface area contributed by atoms with E-state index in [1.807, 2.05) is 6.07 Å². The van der Waals surface area contributed by atoms with E-state index in [0.717, 1.165) is 5.56 Å². The molecule has 4 nitrogen and oxygen atoms in total. The lowest BCUT2D eigenvalue weighted by atomic mass is 10.2. The minimum absolute atomic E-state index is 0.0604. The first kappa shape index (κ1) is 13.1. The number of nitrogens with one attached hydrogen (secondary N) is 1. The number of nitrogens with zero attached hydrogens (tertiary/aromatic N) is 1. The van der Waals surface area contributed by atoms with Gasteiger partial charge in [0.2, 0.25) is 0 Å². The Kier molecular flexibility index (Phi) is 3.54. The number of anilines is 1. The van der Waals surface area contributed by atoms with Crippen LogP contribution in [0.25, 0.3) is 0 Å². The van der Waals surface area contributed by atoms with Gasteiger partial charge < -0.3 is 0 Å². The van der Waals surface area contributed by atoms with E-state index >= 15 is 0 Å². The van der Waals surface area contributed by atoms with Crippen LogP contribution in [0.5, 0.6) is 0 Å². The van der Waals surface area contributed by atoms with Gasteiger partial charge in [0.1, 0.15) is 0 Å². The largest absolute Gasteiger partial charge is 0.280 e. The SMILES string of the molecule is [CH2]c1ccc(NS(=O)(=O)c2cccc(C#N)c2)cc1. The molecule has 2 aromatic carbocycles. The summed E-state index contributed by atoms with van der Waals surface area (Å²) in [5, 5.41) is 8.78. The Morgan fingerprint density at radius 1 is 1.11 bits per heavy atom. The van der Waals surface area contributed by atoms with Gasteiger partial charge >= 0.3 is 0 Å². The van der Waals surface area contributed by atoms with Crippen LogP contribution in [-0.2, 0) is 10.0 Å². The van der Waals surface area contributed by atoms with Crippen LogP contribution in [0.2, 0.25) is 0 Å². The van der Waals surface area contributed by atoms with Crippen molar-refractivity contribution in [2.45, 2.75) is 4.90 Å². The molecule has 0 heterocycles. The molecule has 0 aromatic heterocycles. The number of rotatable bonds is 3. The summed E-state index contributed by atoms with van der Waals surface area (Å²) >= 11 is 0. The minimum Gasteiger partial charge on any atom is -0.280 e. The van der Waals surface area contributed by atoms with E-state index in [-0.39, 0.29) is 4.90 Å². The molecule has 19 heavy (non-hydrogen) atoms. The Hall–Kier alpha value is -2.32. The van der Waals surface area contributed by atoms with Crippen LogP contribution < -0.4 is 4.72 Å². The Morgan fingerprint density at radius 2 is 1.79 bits per heavy atom. The third kappa shape index (κ3) is 3.12. The van der Waals surface area contributed by atoms with E-state index in [2.05, 4.69) is 11.6 Å². The maximum atomic E-state index is 12.1. The second-order valence-electron chi connectivity index (χ2n) is 3.94. The smallest absolute Gasteiger partial charge is 0.261 e. The summed E-state index contributed by atoms with van der Waals surface area (Å²) < 4.78 is 26.7. The molecule has 2 aromatic rings. The molecular weight excluding hydrogens is 260 g/mol. The van der Waals surface area contributed by atoms with Gasteiger partial charge in [-0.15, -0.1) is 0 Å². The van der Waals surface area contributed by atoms with Crippen molar-refractivity contribution in [3.8, 4) is 6.07 Å². The molecule has 0 atom stereocenters. The van der Waals surface area contributed by atoms with Crippen molar-refractivity contribution in [3.05, 3.63) is 66.6 Å². The van der Waals surface area contributed by atoms with Gasteiger partial charge in [0, 0.05) is 5.69 Å². The molecule has 0 saturated carbocycles. The normalized spacial score (nSPS) is 10.7. The number of hydrogen-bond acceptors (Lipinski definition) is 3. The number of sulfonamides is 1. The monoisotopic (exact) mass is 271 g/mol. The van der Waals surface area contributed by atoms with Crippen LogP contribution in [0.4, 0.5) is 5.69 Å². The van der Waals surface area contributed by atoms with Crippen molar-refractivity contribution in [2.24, 2.45) is 0 Å². The van der Waals surface area contributed by atoms with Crippen molar-refractivity contribution in [3.63, 3.8) is 0 Å². The zero-order chi connectivity index (χ0) is 13.9. The molecule has 5 heteroatoms. The second-order valence-corrected chi connectivity index (χ2v) is 5.62. The fraction of sp³-hybridized carbons (Fsp3) is 0. The number of benzene rings is 2. The average Bonchev–Trinajstić information content (AvgIpc) is 2.41. The van der Waals surface area contributed by atoms with E-state index in [0.29, 0.717) is 11.3 Å². The molecule has 2 rings (SSSR count). The van der Waals surface area contributed by atoms with Crippen LogP contribution >= 0.6 is 0 Å². The Balaban J connectivity index is 2.32. The Bertz CT molecular complexity index is 729. The van der Waals surface area contributed by atoms with Gasteiger partial charge in [-0.1, -0.05) is 18.2 Å². The lowest BCUT2D eigenvalue weighted by molar-refractivity contribution is 0.601. The summed E-state index contributed by atoms with van der Waals surface area (Å²) in [7, 11) is -3.68. The fourth-order valence-electron chi connectivity index (χ4n) is 1.52. The molecule has 0 spiro atoms. The van der Waals surface area contributed by atoms with Crippen LogP contribution in [-0.4, -0.2) is 8.42 Å². The topological polar surface area (TPSA) is 70.0 Å². The number of hydrogen-bond donors (Lipinski definition) is 1. The van der Waals surface area contributed by atoms with E-state index in [4.69, 9.17) is 5.26 Å². The van der Waals surface area contributed by atoms with Gasteiger partial charge in [-0.3, -0.25) is 4.72 Å². The molecule has 95 valence electrons.